The monoisotopic (exact) mass is 254 g/mol. The third-order valence-electron chi connectivity index (χ3n) is 2.95. The van der Waals surface area contributed by atoms with E-state index in [0.29, 0.717) is 5.82 Å². The van der Waals surface area contributed by atoms with Gasteiger partial charge in [-0.2, -0.15) is 0 Å². The van der Waals surface area contributed by atoms with Crippen LogP contribution in [0.25, 0.3) is 5.57 Å². The summed E-state index contributed by atoms with van der Waals surface area (Å²) < 4.78 is 5.19. The fourth-order valence-electron chi connectivity index (χ4n) is 2.05. The van der Waals surface area contributed by atoms with Crippen LogP contribution in [0.2, 0.25) is 0 Å². The van der Waals surface area contributed by atoms with Crippen LogP contribution in [0.5, 0.6) is 5.75 Å². The zero-order valence-electron chi connectivity index (χ0n) is 11.5. The smallest absolute Gasteiger partial charge is 0.123 e. The Hall–Kier alpha value is -2.29. The van der Waals surface area contributed by atoms with Crippen molar-refractivity contribution >= 4 is 11.4 Å². The van der Waals surface area contributed by atoms with E-state index >= 15 is 0 Å². The van der Waals surface area contributed by atoms with Gasteiger partial charge in [-0.3, -0.25) is 0 Å². The number of allylic oxidation sites excluding steroid dienone is 1. The van der Waals surface area contributed by atoms with Gasteiger partial charge in [0.1, 0.15) is 11.6 Å². The van der Waals surface area contributed by atoms with Crippen molar-refractivity contribution < 1.29 is 4.74 Å². The second-order valence-corrected chi connectivity index (χ2v) is 4.58. The normalized spacial score (nSPS) is 10.1. The second kappa shape index (κ2) is 5.57. The van der Waals surface area contributed by atoms with Crippen molar-refractivity contribution in [2.75, 3.05) is 12.8 Å². The van der Waals surface area contributed by atoms with Crippen molar-refractivity contribution in [1.82, 2.24) is 4.98 Å². The predicted molar refractivity (Wildman–Crippen MR) is 79.0 cm³/mol. The van der Waals surface area contributed by atoms with Gasteiger partial charge in [-0.25, -0.2) is 4.98 Å². The number of hydrogen-bond acceptors (Lipinski definition) is 3. The van der Waals surface area contributed by atoms with Crippen LogP contribution in [-0.2, 0) is 0 Å². The Morgan fingerprint density at radius 2 is 1.63 bits per heavy atom. The highest BCUT2D eigenvalue weighted by Crippen LogP contribution is 2.28. The van der Waals surface area contributed by atoms with Gasteiger partial charge in [-0.05, 0) is 49.2 Å². The van der Waals surface area contributed by atoms with E-state index < -0.39 is 0 Å². The van der Waals surface area contributed by atoms with Crippen molar-refractivity contribution in [2.24, 2.45) is 0 Å². The summed E-state index contributed by atoms with van der Waals surface area (Å²) in [5.74, 6) is 1.39. The largest absolute Gasteiger partial charge is 0.497 e. The van der Waals surface area contributed by atoms with E-state index in [-0.39, 0.29) is 0 Å². The van der Waals surface area contributed by atoms with Crippen LogP contribution in [0.3, 0.4) is 0 Å². The Bertz CT molecular complexity index is 579. The van der Waals surface area contributed by atoms with Crippen molar-refractivity contribution in [2.45, 2.75) is 13.8 Å². The Balaban J connectivity index is 2.46. The number of pyridine rings is 1. The van der Waals surface area contributed by atoms with Gasteiger partial charge in [0, 0.05) is 11.8 Å². The Labute approximate surface area is 113 Å². The minimum absolute atomic E-state index is 0.534. The van der Waals surface area contributed by atoms with Crippen LogP contribution in [0.1, 0.15) is 25.0 Å². The third kappa shape index (κ3) is 2.94. The first-order chi connectivity index (χ1) is 9.11. The van der Waals surface area contributed by atoms with Gasteiger partial charge in [-0.15, -0.1) is 0 Å². The molecule has 0 fully saturated rings. The van der Waals surface area contributed by atoms with Crippen LogP contribution < -0.4 is 10.5 Å². The number of nitrogens with two attached hydrogens (primary N) is 1. The number of ether oxygens (including phenoxy) is 1. The van der Waals surface area contributed by atoms with Crippen molar-refractivity contribution in [3.63, 3.8) is 0 Å². The molecule has 0 aliphatic heterocycles. The van der Waals surface area contributed by atoms with Crippen LogP contribution >= 0.6 is 0 Å². The first kappa shape index (κ1) is 13.1. The van der Waals surface area contributed by atoms with Gasteiger partial charge in [0.25, 0.3) is 0 Å². The van der Waals surface area contributed by atoms with Gasteiger partial charge < -0.3 is 10.5 Å². The molecule has 0 saturated heterocycles. The van der Waals surface area contributed by atoms with E-state index in [2.05, 4.69) is 31.0 Å². The number of methoxy groups -OCH3 is 1. The molecule has 0 saturated carbocycles. The molecule has 0 unspecified atom stereocenters. The van der Waals surface area contributed by atoms with Gasteiger partial charge in [0.05, 0.1) is 7.11 Å². The van der Waals surface area contributed by atoms with Gasteiger partial charge in [0.15, 0.2) is 0 Å². The summed E-state index contributed by atoms with van der Waals surface area (Å²) in [5, 5.41) is 0. The zero-order chi connectivity index (χ0) is 13.8. The van der Waals surface area contributed by atoms with E-state index in [9.17, 15) is 0 Å². The molecule has 2 aromatic rings. The van der Waals surface area contributed by atoms with Gasteiger partial charge >= 0.3 is 0 Å². The number of aromatic nitrogens is 1. The van der Waals surface area contributed by atoms with Gasteiger partial charge in [0.2, 0.25) is 0 Å². The SMILES string of the molecule is COc1ccc(C(=C(C)C)c2ccc(N)nc2)cc1. The highest BCUT2D eigenvalue weighted by Gasteiger charge is 2.07. The van der Waals surface area contributed by atoms with Crippen LogP contribution in [0.15, 0.2) is 48.2 Å². The third-order valence-corrected chi connectivity index (χ3v) is 2.95. The summed E-state index contributed by atoms with van der Waals surface area (Å²) >= 11 is 0. The maximum Gasteiger partial charge on any atom is 0.123 e. The fourth-order valence-corrected chi connectivity index (χ4v) is 2.05. The van der Waals surface area contributed by atoms with E-state index in [4.69, 9.17) is 10.5 Å². The predicted octanol–water partition coefficient (Wildman–Crippen LogP) is 3.51. The van der Waals surface area contributed by atoms with E-state index in [0.717, 1.165) is 16.9 Å². The molecule has 3 nitrogen and oxygen atoms in total. The summed E-state index contributed by atoms with van der Waals surface area (Å²) in [7, 11) is 1.67. The van der Waals surface area contributed by atoms with Crippen LogP contribution in [-0.4, -0.2) is 12.1 Å². The molecule has 2 rings (SSSR count). The average molecular weight is 254 g/mol. The number of anilines is 1. The van der Waals surface area contributed by atoms with E-state index in [1.54, 1.807) is 7.11 Å². The molecule has 0 bridgehead atoms. The topological polar surface area (TPSA) is 48.1 Å². The Morgan fingerprint density at radius 3 is 2.11 bits per heavy atom. The molecule has 2 N–H and O–H groups in total. The number of nitrogens with zero attached hydrogens (tertiary/aromatic N) is 1. The molecule has 19 heavy (non-hydrogen) atoms. The highest BCUT2D eigenvalue weighted by atomic mass is 16.5. The van der Waals surface area contributed by atoms with Gasteiger partial charge in [-0.1, -0.05) is 17.7 Å². The lowest BCUT2D eigenvalue weighted by atomic mass is 9.95. The Kier molecular flexibility index (Phi) is 3.85. The number of hydrogen-bond donors (Lipinski definition) is 1. The minimum Gasteiger partial charge on any atom is -0.497 e. The lowest BCUT2D eigenvalue weighted by molar-refractivity contribution is 0.415. The molecule has 0 spiro atoms. The van der Waals surface area contributed by atoms with E-state index in [1.165, 1.54) is 11.1 Å². The molecule has 0 amide bonds. The zero-order valence-corrected chi connectivity index (χ0v) is 11.5. The molecular formula is C16H18N2O. The maximum atomic E-state index is 5.64. The van der Waals surface area contributed by atoms with Crippen LogP contribution in [0, 0.1) is 0 Å². The van der Waals surface area contributed by atoms with E-state index in [1.807, 2.05) is 30.5 Å². The van der Waals surface area contributed by atoms with Crippen molar-refractivity contribution in [1.29, 1.82) is 0 Å². The molecule has 1 heterocycles. The lowest BCUT2D eigenvalue weighted by Crippen LogP contribution is -1.95. The molecule has 1 aromatic carbocycles. The summed E-state index contributed by atoms with van der Waals surface area (Å²) in [4.78, 5) is 4.16. The molecule has 1 aromatic heterocycles. The molecule has 0 atom stereocenters. The number of rotatable bonds is 3. The standard InChI is InChI=1S/C16H18N2O/c1-11(2)16(13-6-9-15(17)18-10-13)12-4-7-14(19-3)8-5-12/h4-10H,1-3H3,(H2,17,18). The lowest BCUT2D eigenvalue weighted by Gasteiger charge is -2.11. The highest BCUT2D eigenvalue weighted by molar-refractivity contribution is 5.81. The molecule has 3 heteroatoms. The average Bonchev–Trinajstić information content (AvgIpc) is 2.42. The Morgan fingerprint density at radius 1 is 1.00 bits per heavy atom. The van der Waals surface area contributed by atoms with Crippen LogP contribution in [0.4, 0.5) is 5.82 Å². The molecular weight excluding hydrogens is 236 g/mol. The maximum absolute atomic E-state index is 5.64. The summed E-state index contributed by atoms with van der Waals surface area (Å²) in [5.41, 5.74) is 10.3. The second-order valence-electron chi connectivity index (χ2n) is 4.58. The van der Waals surface area contributed by atoms with Crippen molar-refractivity contribution in [3.05, 3.63) is 59.3 Å². The molecule has 0 radical (unpaired) electrons. The summed E-state index contributed by atoms with van der Waals surface area (Å²) in [6.45, 7) is 4.19. The number of nitrogen functional groups attached to an aromatic ring is 1. The fraction of sp³-hybridized carbons (Fsp3) is 0.188. The summed E-state index contributed by atoms with van der Waals surface area (Å²) in [6, 6.07) is 11.8. The summed E-state index contributed by atoms with van der Waals surface area (Å²) in [6.07, 6.45) is 1.81. The molecule has 98 valence electrons. The van der Waals surface area contributed by atoms with Crippen molar-refractivity contribution in [3.8, 4) is 5.75 Å². The molecule has 0 aliphatic rings. The number of benzene rings is 1. The quantitative estimate of drug-likeness (QED) is 0.911. The molecule has 0 aliphatic carbocycles. The minimum atomic E-state index is 0.534. The first-order valence-corrected chi connectivity index (χ1v) is 6.15. The first-order valence-electron chi connectivity index (χ1n) is 6.15.